The van der Waals surface area contributed by atoms with E-state index in [1.54, 1.807) is 36.5 Å². The molecule has 0 bridgehead atoms. The zero-order valence-corrected chi connectivity index (χ0v) is 18.2. The predicted octanol–water partition coefficient (Wildman–Crippen LogP) is 4.36. The van der Waals surface area contributed by atoms with Gasteiger partial charge in [-0.1, -0.05) is 12.1 Å². The van der Waals surface area contributed by atoms with Crippen LogP contribution in [0.2, 0.25) is 0 Å². The second-order valence-corrected chi connectivity index (χ2v) is 7.90. The first-order chi connectivity index (χ1) is 15.2. The lowest BCUT2D eigenvalue weighted by molar-refractivity contribution is 0.0804. The molecule has 0 N–H and O–H groups in total. The van der Waals surface area contributed by atoms with E-state index in [0.717, 1.165) is 50.3 Å². The van der Waals surface area contributed by atoms with E-state index in [9.17, 15) is 4.79 Å². The highest BCUT2D eigenvalue weighted by Gasteiger charge is 2.25. The molecule has 0 saturated carbocycles. The molecule has 1 amide bonds. The molecule has 3 heterocycles. The van der Waals surface area contributed by atoms with Gasteiger partial charge < -0.3 is 14.4 Å². The number of nitrogens with zero attached hydrogens (tertiary/aromatic N) is 3. The second kappa shape index (κ2) is 9.79. The molecule has 2 aliphatic rings. The molecule has 162 valence electrons. The summed E-state index contributed by atoms with van der Waals surface area (Å²) in [5.41, 5.74) is 3.78. The van der Waals surface area contributed by atoms with Crippen LogP contribution in [-0.2, 0) is 0 Å². The molecule has 2 aliphatic heterocycles. The number of benzene rings is 1. The molecule has 2 aromatic rings. The van der Waals surface area contributed by atoms with E-state index in [2.05, 4.69) is 22.0 Å². The molecule has 6 heteroatoms. The lowest BCUT2D eigenvalue weighted by atomic mass is 10.0. The number of carbonyl (C=O) groups is 1. The molecule has 31 heavy (non-hydrogen) atoms. The number of amides is 1. The number of ether oxygens (including phenoxy) is 2. The van der Waals surface area contributed by atoms with Gasteiger partial charge in [-0.15, -0.1) is 0 Å². The topological polar surface area (TPSA) is 54.9 Å². The number of methoxy groups -OCH3 is 1. The van der Waals surface area contributed by atoms with Crippen molar-refractivity contribution in [1.29, 1.82) is 0 Å². The fourth-order valence-corrected chi connectivity index (χ4v) is 4.01. The predicted molar refractivity (Wildman–Crippen MR) is 121 cm³/mol. The van der Waals surface area contributed by atoms with Crippen LogP contribution in [0.15, 0.2) is 60.6 Å². The highest BCUT2D eigenvalue weighted by molar-refractivity contribution is 5.98. The summed E-state index contributed by atoms with van der Waals surface area (Å²) >= 11 is 0. The summed E-state index contributed by atoms with van der Waals surface area (Å²) in [5, 5.41) is 0. The van der Waals surface area contributed by atoms with Crippen LogP contribution in [0.25, 0.3) is 5.57 Å². The first-order valence-electron chi connectivity index (χ1n) is 10.8. The lowest BCUT2D eigenvalue weighted by Gasteiger charge is -2.27. The molecule has 1 aromatic carbocycles. The normalized spacial score (nSPS) is 16.7. The van der Waals surface area contributed by atoms with E-state index >= 15 is 0 Å². The number of hydrogen-bond acceptors (Lipinski definition) is 5. The number of carbonyl (C=O) groups excluding carboxylic acids is 1. The van der Waals surface area contributed by atoms with E-state index < -0.39 is 0 Å². The van der Waals surface area contributed by atoms with Crippen LogP contribution in [0.3, 0.4) is 0 Å². The number of aromatic nitrogens is 1. The van der Waals surface area contributed by atoms with Crippen molar-refractivity contribution in [2.45, 2.75) is 26.2 Å². The number of hydrogen-bond donors (Lipinski definition) is 0. The third kappa shape index (κ3) is 4.97. The molecule has 0 spiro atoms. The molecule has 6 nitrogen and oxygen atoms in total. The number of unbranched alkanes of at least 4 members (excludes halogenated alkanes) is 1. The van der Waals surface area contributed by atoms with Crippen molar-refractivity contribution in [3.63, 3.8) is 0 Å². The summed E-state index contributed by atoms with van der Waals surface area (Å²) in [5.74, 6) is 1.18. The van der Waals surface area contributed by atoms with Gasteiger partial charge in [0.15, 0.2) is 0 Å². The maximum absolute atomic E-state index is 13.1. The Bertz CT molecular complexity index is 985. The van der Waals surface area contributed by atoms with E-state index in [4.69, 9.17) is 9.47 Å². The third-order valence-corrected chi connectivity index (χ3v) is 5.84. The Labute approximate surface area is 183 Å². The Balaban J connectivity index is 1.29. The van der Waals surface area contributed by atoms with Crippen molar-refractivity contribution in [1.82, 2.24) is 14.8 Å². The van der Waals surface area contributed by atoms with Crippen LogP contribution in [0.1, 0.15) is 42.2 Å². The van der Waals surface area contributed by atoms with Gasteiger partial charge in [0.2, 0.25) is 0 Å². The summed E-state index contributed by atoms with van der Waals surface area (Å²) in [6.07, 6.45) is 8.80. The molecule has 0 saturated heterocycles. The van der Waals surface area contributed by atoms with E-state index in [-0.39, 0.29) is 5.91 Å². The van der Waals surface area contributed by atoms with Gasteiger partial charge in [-0.05, 0) is 68.6 Å². The van der Waals surface area contributed by atoms with E-state index in [1.165, 1.54) is 5.57 Å². The average Bonchev–Trinajstić information content (AvgIpc) is 2.94. The van der Waals surface area contributed by atoms with Crippen LogP contribution >= 0.6 is 0 Å². The van der Waals surface area contributed by atoms with Crippen LogP contribution in [-0.4, -0.2) is 54.0 Å². The van der Waals surface area contributed by atoms with Gasteiger partial charge in [0.1, 0.15) is 17.8 Å². The summed E-state index contributed by atoms with van der Waals surface area (Å²) in [4.78, 5) is 21.8. The summed E-state index contributed by atoms with van der Waals surface area (Å²) in [6, 6.07) is 11.4. The Morgan fingerprint density at radius 2 is 2.03 bits per heavy atom. The van der Waals surface area contributed by atoms with Gasteiger partial charge in [0, 0.05) is 25.8 Å². The van der Waals surface area contributed by atoms with Gasteiger partial charge in [-0.3, -0.25) is 14.7 Å². The highest BCUT2D eigenvalue weighted by Crippen LogP contribution is 2.29. The average molecular weight is 420 g/mol. The molecule has 1 aromatic heterocycles. The fraction of sp³-hybridized carbons (Fsp3) is 0.360. The smallest absolute Gasteiger partial charge is 0.262 e. The van der Waals surface area contributed by atoms with Gasteiger partial charge in [-0.2, -0.15) is 0 Å². The molecule has 4 rings (SSSR count). The quantitative estimate of drug-likeness (QED) is 0.625. The second-order valence-electron chi connectivity index (χ2n) is 7.90. The van der Waals surface area contributed by atoms with Crippen LogP contribution in [0, 0.1) is 0 Å². The monoisotopic (exact) mass is 419 g/mol. The minimum absolute atomic E-state index is 0.0407. The number of allylic oxidation sites excluding steroid dienone is 1. The fourth-order valence-electron chi connectivity index (χ4n) is 4.01. The molecule has 0 fully saturated rings. The first-order valence-corrected chi connectivity index (χ1v) is 10.8. The van der Waals surface area contributed by atoms with Gasteiger partial charge in [-0.25, -0.2) is 0 Å². The molecule has 0 atom stereocenters. The standard InChI is InChI=1S/C25H29N3O3/c1-19-18-31-24-9-8-21(30-2)17-22(24)25(29)28(19)14-6-5-13-27-15-10-20(11-16-27)23-7-3-4-12-26-23/h3-4,7-10,12,17-18H,5-6,11,13-16H2,1-2H3. The molecular formula is C25H29N3O3. The lowest BCUT2D eigenvalue weighted by Crippen LogP contribution is -2.32. The maximum Gasteiger partial charge on any atom is 0.262 e. The number of fused-ring (bicyclic) bond motifs is 1. The molecule has 0 aliphatic carbocycles. The minimum Gasteiger partial charge on any atom is -0.497 e. The Kier molecular flexibility index (Phi) is 6.67. The van der Waals surface area contributed by atoms with Crippen molar-refractivity contribution in [2.24, 2.45) is 0 Å². The largest absolute Gasteiger partial charge is 0.497 e. The molecular weight excluding hydrogens is 390 g/mol. The van der Waals surface area contributed by atoms with Crippen molar-refractivity contribution >= 4 is 11.5 Å². The van der Waals surface area contributed by atoms with Crippen molar-refractivity contribution < 1.29 is 14.3 Å². The van der Waals surface area contributed by atoms with Gasteiger partial charge in [0.25, 0.3) is 5.91 Å². The Hall–Kier alpha value is -3.12. The minimum atomic E-state index is -0.0407. The summed E-state index contributed by atoms with van der Waals surface area (Å²) < 4.78 is 11.0. The van der Waals surface area contributed by atoms with Gasteiger partial charge in [0.05, 0.1) is 24.1 Å². The maximum atomic E-state index is 13.1. The summed E-state index contributed by atoms with van der Waals surface area (Å²) in [6.45, 7) is 5.61. The van der Waals surface area contributed by atoms with Crippen molar-refractivity contribution in [3.8, 4) is 11.5 Å². The Morgan fingerprint density at radius 3 is 2.77 bits per heavy atom. The van der Waals surface area contributed by atoms with Crippen LogP contribution in [0.4, 0.5) is 0 Å². The Morgan fingerprint density at radius 1 is 1.16 bits per heavy atom. The van der Waals surface area contributed by atoms with E-state index in [0.29, 0.717) is 23.6 Å². The zero-order valence-electron chi connectivity index (χ0n) is 18.2. The number of rotatable bonds is 7. The summed E-state index contributed by atoms with van der Waals surface area (Å²) in [7, 11) is 1.60. The zero-order chi connectivity index (χ0) is 21.6. The third-order valence-electron chi connectivity index (χ3n) is 5.84. The first kappa shape index (κ1) is 21.1. The molecule has 0 unspecified atom stereocenters. The SMILES string of the molecule is COc1ccc2c(c1)C(=O)N(CCCCN1CC=C(c3ccccn3)CC1)C(C)=CO2. The van der Waals surface area contributed by atoms with E-state index in [1.807, 2.05) is 25.3 Å². The van der Waals surface area contributed by atoms with Crippen LogP contribution in [0.5, 0.6) is 11.5 Å². The highest BCUT2D eigenvalue weighted by atomic mass is 16.5. The van der Waals surface area contributed by atoms with Crippen LogP contribution < -0.4 is 9.47 Å². The molecule has 0 radical (unpaired) electrons. The van der Waals surface area contributed by atoms with Gasteiger partial charge >= 0.3 is 0 Å². The number of pyridine rings is 1. The van der Waals surface area contributed by atoms with Crippen molar-refractivity contribution in [3.05, 3.63) is 71.9 Å². The van der Waals surface area contributed by atoms with Crippen molar-refractivity contribution in [2.75, 3.05) is 33.3 Å².